The second-order valence-corrected chi connectivity index (χ2v) is 13.0. The first-order valence-electron chi connectivity index (χ1n) is 14.7. The number of hydrogen-bond donors (Lipinski definition) is 1. The maximum absolute atomic E-state index is 14.0. The van der Waals surface area contributed by atoms with Crippen molar-refractivity contribution in [1.29, 1.82) is 0 Å². The van der Waals surface area contributed by atoms with Gasteiger partial charge in [-0.1, -0.05) is 97.7 Å². The van der Waals surface area contributed by atoms with Crippen molar-refractivity contribution in [2.24, 2.45) is 0 Å². The zero-order chi connectivity index (χ0) is 30.4. The van der Waals surface area contributed by atoms with Gasteiger partial charge in [0.2, 0.25) is 11.8 Å². The van der Waals surface area contributed by atoms with Gasteiger partial charge >= 0.3 is 0 Å². The molecule has 1 atom stereocenters. The molecule has 9 heteroatoms. The van der Waals surface area contributed by atoms with E-state index in [4.69, 9.17) is 11.6 Å². The summed E-state index contributed by atoms with van der Waals surface area (Å²) in [7, 11) is -3.73. The van der Waals surface area contributed by atoms with Gasteiger partial charge in [-0.25, -0.2) is 8.42 Å². The molecule has 0 aromatic heterocycles. The van der Waals surface area contributed by atoms with E-state index in [0.29, 0.717) is 34.0 Å². The highest BCUT2D eigenvalue weighted by Crippen LogP contribution is 2.42. The fourth-order valence-corrected chi connectivity index (χ4v) is 7.53. The number of amides is 2. The minimum absolute atomic E-state index is 0.0658. The third kappa shape index (κ3) is 6.71. The third-order valence-corrected chi connectivity index (χ3v) is 10.1. The monoisotopic (exact) mass is 617 g/mol. The van der Waals surface area contributed by atoms with Gasteiger partial charge in [0, 0.05) is 42.9 Å². The highest BCUT2D eigenvalue weighted by atomic mass is 35.5. The van der Waals surface area contributed by atoms with Gasteiger partial charge in [-0.05, 0) is 47.6 Å². The number of sulfonamides is 1. The summed E-state index contributed by atoms with van der Waals surface area (Å²) in [6.45, 7) is 2.88. The Morgan fingerprint density at radius 2 is 1.63 bits per heavy atom. The third-order valence-electron chi connectivity index (χ3n) is 7.83. The molecule has 5 rings (SSSR count). The number of carbonyl (C=O) groups excluding carboxylic acids is 2. The number of unbranched alkanes of at least 4 members (excludes halogenated alkanes) is 1. The molecule has 1 aliphatic heterocycles. The Morgan fingerprint density at radius 3 is 2.37 bits per heavy atom. The van der Waals surface area contributed by atoms with Crippen molar-refractivity contribution in [3.63, 3.8) is 0 Å². The normalized spacial score (nSPS) is 14.0. The molecule has 0 aliphatic carbocycles. The summed E-state index contributed by atoms with van der Waals surface area (Å²) in [5.41, 5.74) is 2.30. The molecule has 0 saturated carbocycles. The van der Waals surface area contributed by atoms with Crippen molar-refractivity contribution in [2.75, 3.05) is 17.4 Å². The number of rotatable bonds is 13. The summed E-state index contributed by atoms with van der Waals surface area (Å²) >= 11 is 6.51. The molecule has 7 nitrogen and oxygen atoms in total. The average molecular weight is 618 g/mol. The molecule has 0 spiro atoms. The number of carbonyl (C=O) groups is 2. The minimum atomic E-state index is -3.73. The van der Waals surface area contributed by atoms with Gasteiger partial charge in [0.1, 0.15) is 6.04 Å². The second kappa shape index (κ2) is 13.6. The number of anilines is 1. The zero-order valence-electron chi connectivity index (χ0n) is 24.2. The molecule has 2 amide bonds. The molecule has 43 heavy (non-hydrogen) atoms. The van der Waals surface area contributed by atoms with E-state index in [-0.39, 0.29) is 37.7 Å². The van der Waals surface area contributed by atoms with Gasteiger partial charge in [0.05, 0.1) is 10.6 Å². The molecule has 0 saturated heterocycles. The number of benzene rings is 4. The maximum Gasteiger partial charge on any atom is 0.265 e. The molecule has 1 N–H and O–H groups in total. The van der Waals surface area contributed by atoms with Crippen LogP contribution < -0.4 is 9.62 Å². The number of hydrogen-bond acceptors (Lipinski definition) is 4. The van der Waals surface area contributed by atoms with Crippen LogP contribution in [0.3, 0.4) is 0 Å². The van der Waals surface area contributed by atoms with E-state index in [0.717, 1.165) is 29.4 Å². The van der Waals surface area contributed by atoms with Crippen LogP contribution in [0.25, 0.3) is 10.8 Å². The van der Waals surface area contributed by atoms with Gasteiger partial charge in [0.15, 0.2) is 0 Å². The van der Waals surface area contributed by atoms with E-state index in [2.05, 4.69) is 12.2 Å². The van der Waals surface area contributed by atoms with E-state index in [1.54, 1.807) is 29.2 Å². The van der Waals surface area contributed by atoms with E-state index in [1.165, 1.54) is 4.31 Å². The Hall–Kier alpha value is -3.88. The Kier molecular flexibility index (Phi) is 9.68. The maximum atomic E-state index is 14.0. The van der Waals surface area contributed by atoms with Gasteiger partial charge in [-0.3, -0.25) is 13.9 Å². The largest absolute Gasteiger partial charge is 0.354 e. The average Bonchev–Trinajstić information content (AvgIpc) is 3.23. The molecule has 4 aromatic rings. The molecular formula is C34H36ClN3O4S. The van der Waals surface area contributed by atoms with E-state index in [9.17, 15) is 18.0 Å². The van der Waals surface area contributed by atoms with E-state index in [1.807, 2.05) is 66.7 Å². The lowest BCUT2D eigenvalue weighted by Gasteiger charge is -2.32. The highest BCUT2D eigenvalue weighted by molar-refractivity contribution is 7.93. The van der Waals surface area contributed by atoms with Crippen molar-refractivity contribution >= 4 is 49.9 Å². The second-order valence-electron chi connectivity index (χ2n) is 10.8. The molecule has 224 valence electrons. The van der Waals surface area contributed by atoms with Crippen molar-refractivity contribution in [1.82, 2.24) is 10.2 Å². The molecule has 1 aliphatic rings. The standard InChI is InChI=1S/C34H36ClN3O4S/c1-2-3-21-36-34(40)30(23-25-12-5-4-6-13-25)37(24-27-14-7-8-17-28(27)35)32(39)20-11-22-38-29-18-9-15-26-16-10-19-31(33(26)29)43(38,41)42/h4-10,12-19,30H,2-3,11,20-24H2,1H3,(H,36,40)/t30-/m0/s1. The molecule has 0 fully saturated rings. The van der Waals surface area contributed by atoms with Crippen LogP contribution in [0.2, 0.25) is 5.02 Å². The topological polar surface area (TPSA) is 86.8 Å². The first kappa shape index (κ1) is 30.6. The van der Waals surface area contributed by atoms with Crippen molar-refractivity contribution in [3.8, 4) is 0 Å². The summed E-state index contributed by atoms with van der Waals surface area (Å²) in [5.74, 6) is -0.458. The lowest BCUT2D eigenvalue weighted by molar-refractivity contribution is -0.141. The molecule has 1 heterocycles. The summed E-state index contributed by atoms with van der Waals surface area (Å²) < 4.78 is 28.3. The van der Waals surface area contributed by atoms with Crippen LogP contribution in [0.1, 0.15) is 43.7 Å². The number of halogens is 1. The summed E-state index contributed by atoms with van der Waals surface area (Å²) in [4.78, 5) is 29.5. The van der Waals surface area contributed by atoms with Gasteiger partial charge in [-0.15, -0.1) is 0 Å². The van der Waals surface area contributed by atoms with Crippen LogP contribution in [0.5, 0.6) is 0 Å². The summed E-state index contributed by atoms with van der Waals surface area (Å²) in [6.07, 6.45) is 2.46. The van der Waals surface area contributed by atoms with E-state index < -0.39 is 16.1 Å². The predicted octanol–water partition coefficient (Wildman–Crippen LogP) is 6.34. The smallest absolute Gasteiger partial charge is 0.265 e. The van der Waals surface area contributed by atoms with E-state index >= 15 is 0 Å². The predicted molar refractivity (Wildman–Crippen MR) is 172 cm³/mol. The van der Waals surface area contributed by atoms with Crippen LogP contribution in [0, 0.1) is 0 Å². The van der Waals surface area contributed by atoms with Gasteiger partial charge in [-0.2, -0.15) is 0 Å². The Labute approximate surface area is 258 Å². The van der Waals surface area contributed by atoms with Crippen LogP contribution in [0.15, 0.2) is 95.9 Å². The van der Waals surface area contributed by atoms with Crippen LogP contribution >= 0.6 is 11.6 Å². The number of nitrogens with one attached hydrogen (secondary N) is 1. The molecule has 0 bridgehead atoms. The zero-order valence-corrected chi connectivity index (χ0v) is 25.8. The van der Waals surface area contributed by atoms with Gasteiger partial charge in [0.25, 0.3) is 10.0 Å². The first-order valence-corrected chi connectivity index (χ1v) is 16.5. The van der Waals surface area contributed by atoms with Gasteiger partial charge < -0.3 is 10.2 Å². The summed E-state index contributed by atoms with van der Waals surface area (Å²) in [5, 5.41) is 5.11. The van der Waals surface area contributed by atoms with Crippen LogP contribution in [-0.4, -0.2) is 44.3 Å². The number of nitrogens with zero attached hydrogens (tertiary/aromatic N) is 2. The van der Waals surface area contributed by atoms with Crippen molar-refractivity contribution in [2.45, 2.75) is 56.5 Å². The Bertz CT molecular complexity index is 1710. The minimum Gasteiger partial charge on any atom is -0.354 e. The SMILES string of the molecule is CCCCNC(=O)[C@H](Cc1ccccc1)N(Cc1ccccc1Cl)C(=O)CCCN1c2cccc3cccc(c23)S1(=O)=O. The van der Waals surface area contributed by atoms with Crippen LogP contribution in [0.4, 0.5) is 5.69 Å². The molecule has 4 aromatic carbocycles. The summed E-state index contributed by atoms with van der Waals surface area (Å²) in [6, 6.07) is 27.0. The van der Waals surface area contributed by atoms with Crippen molar-refractivity contribution < 1.29 is 18.0 Å². The lowest BCUT2D eigenvalue weighted by Crippen LogP contribution is -2.50. The Morgan fingerprint density at radius 1 is 0.907 bits per heavy atom. The molecule has 0 radical (unpaired) electrons. The van der Waals surface area contributed by atoms with Crippen LogP contribution in [-0.2, 0) is 32.6 Å². The fraction of sp³-hybridized carbons (Fsp3) is 0.294. The quantitative estimate of drug-likeness (QED) is 0.177. The molecular weight excluding hydrogens is 582 g/mol. The molecule has 0 unspecified atom stereocenters. The first-order chi connectivity index (χ1) is 20.8. The lowest BCUT2D eigenvalue weighted by atomic mass is 10.0. The van der Waals surface area contributed by atoms with Crippen molar-refractivity contribution in [3.05, 3.63) is 107 Å². The fourth-order valence-electron chi connectivity index (χ4n) is 5.59. The highest BCUT2D eigenvalue weighted by Gasteiger charge is 2.36. The Balaban J connectivity index is 1.39.